The van der Waals surface area contributed by atoms with Crippen molar-refractivity contribution in [3.8, 4) is 0 Å². The van der Waals surface area contributed by atoms with Crippen LogP contribution < -0.4 is 16.2 Å². The van der Waals surface area contributed by atoms with Gasteiger partial charge in [0.25, 0.3) is 5.22 Å². The molecular formula is C11H17N7OS. The van der Waals surface area contributed by atoms with Crippen LogP contribution in [0.2, 0.25) is 0 Å². The summed E-state index contributed by atoms with van der Waals surface area (Å²) in [6.07, 6.45) is 1.58. The average Bonchev–Trinajstić information content (AvgIpc) is 2.85. The number of aryl methyl sites for hydroxylation is 1. The van der Waals surface area contributed by atoms with Gasteiger partial charge in [-0.1, -0.05) is 0 Å². The number of aromatic nitrogens is 4. The Labute approximate surface area is 121 Å². The normalized spacial score (nSPS) is 10.6. The summed E-state index contributed by atoms with van der Waals surface area (Å²) in [6, 6.07) is 0. The topological polar surface area (TPSA) is 106 Å². The molecule has 0 unspecified atom stereocenters. The third kappa shape index (κ3) is 3.36. The maximum Gasteiger partial charge on any atom is 0.263 e. The van der Waals surface area contributed by atoms with Crippen molar-refractivity contribution in [2.24, 2.45) is 5.84 Å². The molecule has 0 aliphatic heterocycles. The maximum atomic E-state index is 5.40. The van der Waals surface area contributed by atoms with Crippen LogP contribution in [0.15, 0.2) is 21.1 Å². The van der Waals surface area contributed by atoms with Gasteiger partial charge in [-0.25, -0.2) is 10.8 Å². The van der Waals surface area contributed by atoms with E-state index >= 15 is 0 Å². The minimum atomic E-state index is 0.313. The van der Waals surface area contributed by atoms with Gasteiger partial charge in [0, 0.05) is 24.9 Å². The SMILES string of the molecule is CCN(CC)c1nc(NN)nc(Sc2nc(C)co2)n1. The summed E-state index contributed by atoms with van der Waals surface area (Å²) in [4.78, 5) is 19.0. The van der Waals surface area contributed by atoms with E-state index < -0.39 is 0 Å². The van der Waals surface area contributed by atoms with Gasteiger partial charge in [0.05, 0.1) is 5.69 Å². The molecule has 0 bridgehead atoms. The van der Waals surface area contributed by atoms with Crippen molar-refractivity contribution >= 4 is 23.7 Å². The van der Waals surface area contributed by atoms with E-state index in [1.54, 1.807) is 6.26 Å². The Morgan fingerprint density at radius 3 is 2.55 bits per heavy atom. The minimum Gasteiger partial charge on any atom is -0.439 e. The van der Waals surface area contributed by atoms with Crippen LogP contribution in [0.3, 0.4) is 0 Å². The van der Waals surface area contributed by atoms with Crippen LogP contribution in [0.5, 0.6) is 0 Å². The molecule has 0 aliphatic carbocycles. The molecule has 0 aliphatic rings. The summed E-state index contributed by atoms with van der Waals surface area (Å²) < 4.78 is 5.28. The lowest BCUT2D eigenvalue weighted by Crippen LogP contribution is -2.25. The van der Waals surface area contributed by atoms with Crippen molar-refractivity contribution in [2.75, 3.05) is 23.4 Å². The van der Waals surface area contributed by atoms with Gasteiger partial charge in [-0.2, -0.15) is 15.0 Å². The van der Waals surface area contributed by atoms with Crippen LogP contribution >= 0.6 is 11.8 Å². The third-order valence-corrected chi connectivity index (χ3v) is 3.28. The summed E-state index contributed by atoms with van der Waals surface area (Å²) in [5.41, 5.74) is 3.26. The van der Waals surface area contributed by atoms with Crippen LogP contribution in [0.1, 0.15) is 19.5 Å². The molecule has 108 valence electrons. The van der Waals surface area contributed by atoms with Gasteiger partial charge in [-0.3, -0.25) is 5.43 Å². The molecule has 2 heterocycles. The largest absolute Gasteiger partial charge is 0.439 e. The van der Waals surface area contributed by atoms with Crippen LogP contribution in [-0.2, 0) is 0 Å². The molecular weight excluding hydrogens is 278 g/mol. The molecule has 0 aromatic carbocycles. The lowest BCUT2D eigenvalue weighted by atomic mass is 10.5. The number of nitrogens with two attached hydrogens (primary N) is 1. The first-order valence-corrected chi connectivity index (χ1v) is 7.05. The predicted molar refractivity (Wildman–Crippen MR) is 76.6 cm³/mol. The zero-order valence-corrected chi connectivity index (χ0v) is 12.4. The monoisotopic (exact) mass is 295 g/mol. The number of hydrogen-bond acceptors (Lipinski definition) is 9. The number of nitrogens with one attached hydrogen (secondary N) is 1. The van der Waals surface area contributed by atoms with Crippen molar-refractivity contribution in [2.45, 2.75) is 31.2 Å². The molecule has 8 nitrogen and oxygen atoms in total. The maximum absolute atomic E-state index is 5.40. The lowest BCUT2D eigenvalue weighted by Gasteiger charge is -2.18. The van der Waals surface area contributed by atoms with Crippen LogP contribution in [-0.4, -0.2) is 33.0 Å². The van der Waals surface area contributed by atoms with Gasteiger partial charge in [0.15, 0.2) is 0 Å². The molecule has 2 aromatic rings. The molecule has 9 heteroatoms. The quantitative estimate of drug-likeness (QED) is 0.604. The smallest absolute Gasteiger partial charge is 0.263 e. The van der Waals surface area contributed by atoms with Gasteiger partial charge in [-0.15, -0.1) is 0 Å². The van der Waals surface area contributed by atoms with Crippen LogP contribution in [0.25, 0.3) is 0 Å². The van der Waals surface area contributed by atoms with Gasteiger partial charge in [0.2, 0.25) is 17.1 Å². The minimum absolute atomic E-state index is 0.313. The summed E-state index contributed by atoms with van der Waals surface area (Å²) in [5.74, 6) is 6.28. The van der Waals surface area contributed by atoms with E-state index in [4.69, 9.17) is 10.3 Å². The highest BCUT2D eigenvalue weighted by Crippen LogP contribution is 2.25. The second-order valence-electron chi connectivity index (χ2n) is 3.92. The van der Waals surface area contributed by atoms with E-state index in [-0.39, 0.29) is 0 Å². The van der Waals surface area contributed by atoms with E-state index in [9.17, 15) is 0 Å². The van der Waals surface area contributed by atoms with E-state index in [1.807, 2.05) is 25.7 Å². The van der Waals surface area contributed by atoms with Gasteiger partial charge >= 0.3 is 0 Å². The summed E-state index contributed by atoms with van der Waals surface area (Å²) >= 11 is 1.23. The standard InChI is InChI=1S/C11H17N7OS/c1-4-18(5-2)9-14-8(17-12)15-10(16-9)20-11-13-7(3)6-19-11/h6H,4-5,12H2,1-3H3,(H,14,15,16,17). The second-order valence-corrected chi connectivity index (χ2v) is 4.83. The van der Waals surface area contributed by atoms with Crippen molar-refractivity contribution in [1.82, 2.24) is 19.9 Å². The molecule has 2 aromatic heterocycles. The number of hydrazine groups is 1. The number of oxazole rings is 1. The number of nitrogens with zero attached hydrogens (tertiary/aromatic N) is 5. The summed E-state index contributed by atoms with van der Waals surface area (Å²) in [6.45, 7) is 7.52. The fourth-order valence-corrected chi connectivity index (χ4v) is 2.26. The van der Waals surface area contributed by atoms with Crippen molar-refractivity contribution in [3.05, 3.63) is 12.0 Å². The zero-order chi connectivity index (χ0) is 14.5. The van der Waals surface area contributed by atoms with Gasteiger partial charge in [0.1, 0.15) is 6.26 Å². The fraction of sp³-hybridized carbons (Fsp3) is 0.455. The molecule has 3 N–H and O–H groups in total. The second kappa shape index (κ2) is 6.53. The van der Waals surface area contributed by atoms with Gasteiger partial charge < -0.3 is 9.32 Å². The molecule has 0 spiro atoms. The van der Waals surface area contributed by atoms with Crippen LogP contribution in [0, 0.1) is 6.92 Å². The third-order valence-electron chi connectivity index (χ3n) is 2.56. The van der Waals surface area contributed by atoms with E-state index in [0.717, 1.165) is 18.8 Å². The highest BCUT2D eigenvalue weighted by molar-refractivity contribution is 7.98. The summed E-state index contributed by atoms with van der Waals surface area (Å²) in [7, 11) is 0. The molecule has 0 radical (unpaired) electrons. The Kier molecular flexibility index (Phi) is 4.74. The van der Waals surface area contributed by atoms with Crippen LogP contribution in [0.4, 0.5) is 11.9 Å². The average molecular weight is 295 g/mol. The highest BCUT2D eigenvalue weighted by atomic mass is 32.2. The summed E-state index contributed by atoms with van der Waals surface area (Å²) in [5, 5.41) is 0.971. The Morgan fingerprint density at radius 2 is 2.00 bits per heavy atom. The molecule has 0 saturated carbocycles. The zero-order valence-electron chi connectivity index (χ0n) is 11.6. The first-order chi connectivity index (χ1) is 9.66. The molecule has 0 fully saturated rings. The molecule has 0 saturated heterocycles. The first-order valence-electron chi connectivity index (χ1n) is 6.23. The first kappa shape index (κ1) is 14.5. The molecule has 0 amide bonds. The lowest BCUT2D eigenvalue weighted by molar-refractivity contribution is 0.453. The van der Waals surface area contributed by atoms with Crippen molar-refractivity contribution in [1.29, 1.82) is 0 Å². The number of nitrogen functional groups attached to an aromatic ring is 1. The number of hydrogen-bond donors (Lipinski definition) is 2. The molecule has 2 rings (SSSR count). The van der Waals surface area contributed by atoms with Crippen molar-refractivity contribution < 1.29 is 4.42 Å². The van der Waals surface area contributed by atoms with Crippen molar-refractivity contribution in [3.63, 3.8) is 0 Å². The Balaban J connectivity index is 2.29. The Bertz CT molecular complexity index is 570. The Morgan fingerprint density at radius 1 is 1.25 bits per heavy atom. The molecule has 20 heavy (non-hydrogen) atoms. The van der Waals surface area contributed by atoms with E-state index in [1.165, 1.54) is 11.8 Å². The van der Waals surface area contributed by atoms with Gasteiger partial charge in [-0.05, 0) is 20.8 Å². The number of anilines is 2. The fourth-order valence-electron chi connectivity index (χ4n) is 1.56. The predicted octanol–water partition coefficient (Wildman–Crippen LogP) is 1.45. The Hall–Kier alpha value is -1.87. The molecule has 0 atom stereocenters. The van der Waals surface area contributed by atoms with E-state index in [2.05, 4.69) is 25.4 Å². The number of rotatable bonds is 6. The highest BCUT2D eigenvalue weighted by Gasteiger charge is 2.13. The van der Waals surface area contributed by atoms with E-state index in [0.29, 0.717) is 22.3 Å².